The monoisotopic (exact) mass is 459 g/mol. The molecule has 0 aromatic heterocycles. The Hall–Kier alpha value is -2.38. The maximum absolute atomic E-state index is 13.0. The highest BCUT2D eigenvalue weighted by molar-refractivity contribution is 7.91. The van der Waals surface area contributed by atoms with Crippen molar-refractivity contribution in [3.63, 3.8) is 0 Å². The van der Waals surface area contributed by atoms with Gasteiger partial charge in [-0.25, -0.2) is 13.2 Å². The van der Waals surface area contributed by atoms with E-state index in [9.17, 15) is 23.1 Å². The SMILES string of the molecule is Cc1ccc(C2CC23C(=O)Nc2cc(Cl)c(S(=O)(=O)CC4CCC4)cc23)cc1C(=O)O. The lowest BCUT2D eigenvalue weighted by atomic mass is 9.87. The number of aryl methyl sites for hydroxylation is 1. The fourth-order valence-corrected chi connectivity index (χ4v) is 7.28. The van der Waals surface area contributed by atoms with Crippen molar-refractivity contribution >= 4 is 39.0 Å². The van der Waals surface area contributed by atoms with Crippen LogP contribution in [0.3, 0.4) is 0 Å². The van der Waals surface area contributed by atoms with E-state index < -0.39 is 21.2 Å². The largest absolute Gasteiger partial charge is 0.478 e. The fraction of sp³-hybridized carbons (Fsp3) is 0.391. The number of hydrogen-bond acceptors (Lipinski definition) is 4. The van der Waals surface area contributed by atoms with Crippen molar-refractivity contribution in [2.45, 2.75) is 48.8 Å². The van der Waals surface area contributed by atoms with E-state index in [1.807, 2.05) is 6.07 Å². The zero-order chi connectivity index (χ0) is 22.1. The number of rotatable bonds is 5. The zero-order valence-corrected chi connectivity index (χ0v) is 18.5. The molecule has 1 aliphatic heterocycles. The molecule has 2 fully saturated rings. The number of sulfone groups is 1. The van der Waals surface area contributed by atoms with Crippen molar-refractivity contribution in [1.82, 2.24) is 0 Å². The van der Waals surface area contributed by atoms with Gasteiger partial charge in [-0.05, 0) is 67.0 Å². The number of benzene rings is 2. The molecular weight excluding hydrogens is 438 g/mol. The van der Waals surface area contributed by atoms with Crippen LogP contribution in [0.4, 0.5) is 5.69 Å². The van der Waals surface area contributed by atoms with Crippen LogP contribution in [0.15, 0.2) is 35.2 Å². The van der Waals surface area contributed by atoms with Crippen LogP contribution in [-0.4, -0.2) is 31.2 Å². The molecule has 3 aliphatic rings. The van der Waals surface area contributed by atoms with Crippen molar-refractivity contribution in [1.29, 1.82) is 0 Å². The number of nitrogens with one attached hydrogen (secondary N) is 1. The smallest absolute Gasteiger partial charge is 0.335 e. The molecule has 2 saturated carbocycles. The standard InChI is InChI=1S/C23H22ClNO5S/c1-12-5-6-14(7-15(12)21(26)27)17-10-23(17)16-8-20(18(24)9-19(16)25-22(23)28)31(29,30)11-13-3-2-4-13/h5-9,13,17H,2-4,10-11H2,1H3,(H,25,28)(H,26,27). The number of amides is 1. The van der Waals surface area contributed by atoms with E-state index in [-0.39, 0.29) is 39.0 Å². The lowest BCUT2D eigenvalue weighted by Crippen LogP contribution is -2.23. The molecule has 6 nitrogen and oxygen atoms in total. The summed E-state index contributed by atoms with van der Waals surface area (Å²) in [7, 11) is -3.57. The molecular formula is C23H22ClNO5S. The summed E-state index contributed by atoms with van der Waals surface area (Å²) in [5.74, 6) is -1.19. The molecule has 2 unspecified atom stereocenters. The Morgan fingerprint density at radius 2 is 2.00 bits per heavy atom. The van der Waals surface area contributed by atoms with Crippen LogP contribution >= 0.6 is 11.6 Å². The number of carbonyl (C=O) groups excluding carboxylic acids is 1. The number of carbonyl (C=O) groups is 2. The minimum atomic E-state index is -3.57. The van der Waals surface area contributed by atoms with Crippen LogP contribution in [-0.2, 0) is 20.0 Å². The summed E-state index contributed by atoms with van der Waals surface area (Å²) in [4.78, 5) is 24.6. The number of carboxylic acids is 1. The van der Waals surface area contributed by atoms with Crippen molar-refractivity contribution in [2.75, 3.05) is 11.1 Å². The first kappa shape index (κ1) is 20.5. The van der Waals surface area contributed by atoms with Crippen molar-refractivity contribution in [2.24, 2.45) is 5.92 Å². The second-order valence-corrected chi connectivity index (χ2v) is 11.4. The quantitative estimate of drug-likeness (QED) is 0.694. The Morgan fingerprint density at radius 3 is 2.65 bits per heavy atom. The fourth-order valence-electron chi connectivity index (χ4n) is 4.98. The lowest BCUT2D eigenvalue weighted by Gasteiger charge is -2.25. The average molecular weight is 460 g/mol. The summed E-state index contributed by atoms with van der Waals surface area (Å²) in [5, 5.41) is 12.4. The second-order valence-electron chi connectivity index (χ2n) is 8.97. The van der Waals surface area contributed by atoms with Gasteiger partial charge in [-0.15, -0.1) is 0 Å². The highest BCUT2D eigenvalue weighted by atomic mass is 35.5. The molecule has 8 heteroatoms. The number of aromatic carboxylic acids is 1. The van der Waals surface area contributed by atoms with E-state index in [2.05, 4.69) is 5.32 Å². The summed E-state index contributed by atoms with van der Waals surface area (Å²) >= 11 is 6.33. The Balaban J connectivity index is 1.55. The van der Waals surface area contributed by atoms with Gasteiger partial charge in [-0.3, -0.25) is 4.79 Å². The van der Waals surface area contributed by atoms with Crippen LogP contribution in [0.1, 0.15) is 58.6 Å². The number of hydrogen-bond donors (Lipinski definition) is 2. The van der Waals surface area contributed by atoms with Crippen LogP contribution < -0.4 is 5.32 Å². The Labute approximate surface area is 185 Å². The van der Waals surface area contributed by atoms with Crippen LogP contribution in [0, 0.1) is 12.8 Å². The van der Waals surface area contributed by atoms with Gasteiger partial charge in [0.15, 0.2) is 9.84 Å². The molecule has 0 bridgehead atoms. The lowest BCUT2D eigenvalue weighted by molar-refractivity contribution is -0.118. The van der Waals surface area contributed by atoms with Gasteiger partial charge in [-0.2, -0.15) is 0 Å². The molecule has 2 atom stereocenters. The first-order valence-electron chi connectivity index (χ1n) is 10.4. The van der Waals surface area contributed by atoms with Gasteiger partial charge < -0.3 is 10.4 Å². The summed E-state index contributed by atoms with van der Waals surface area (Å²) in [5.41, 5.74) is 1.91. The topological polar surface area (TPSA) is 101 Å². The van der Waals surface area contributed by atoms with Crippen molar-refractivity contribution in [3.8, 4) is 0 Å². The molecule has 1 spiro atoms. The predicted molar refractivity (Wildman–Crippen MR) is 117 cm³/mol. The summed E-state index contributed by atoms with van der Waals surface area (Å²) in [6.07, 6.45) is 3.37. The van der Waals surface area contributed by atoms with Crippen LogP contribution in [0.25, 0.3) is 0 Å². The maximum atomic E-state index is 13.0. The first-order valence-corrected chi connectivity index (χ1v) is 12.4. The second kappa shape index (κ2) is 6.81. The first-order chi connectivity index (χ1) is 14.6. The Bertz CT molecular complexity index is 1250. The minimum absolute atomic E-state index is 0.0727. The highest BCUT2D eigenvalue weighted by Crippen LogP contribution is 2.65. The Morgan fingerprint density at radius 1 is 1.26 bits per heavy atom. The van der Waals surface area contributed by atoms with E-state index in [1.165, 1.54) is 6.07 Å². The number of halogens is 1. The Kier molecular flexibility index (Phi) is 4.51. The molecule has 2 aliphatic carbocycles. The summed E-state index contributed by atoms with van der Waals surface area (Å²) in [6.45, 7) is 1.73. The molecule has 2 N–H and O–H groups in total. The molecule has 162 valence electrons. The number of anilines is 1. The average Bonchev–Trinajstić information content (AvgIpc) is 3.35. The maximum Gasteiger partial charge on any atom is 0.335 e. The van der Waals surface area contributed by atoms with E-state index in [1.54, 1.807) is 25.1 Å². The zero-order valence-electron chi connectivity index (χ0n) is 16.9. The van der Waals surface area contributed by atoms with Crippen molar-refractivity contribution in [3.05, 3.63) is 57.6 Å². The third-order valence-electron chi connectivity index (χ3n) is 7.08. The highest BCUT2D eigenvalue weighted by Gasteiger charge is 2.65. The number of carboxylic acid groups (broad SMARTS) is 1. The normalized spacial score (nSPS) is 24.6. The molecule has 1 amide bonds. The summed E-state index contributed by atoms with van der Waals surface area (Å²) < 4.78 is 26.0. The van der Waals surface area contributed by atoms with E-state index in [0.717, 1.165) is 24.8 Å². The summed E-state index contributed by atoms with van der Waals surface area (Å²) in [6, 6.07) is 8.30. The molecule has 2 aromatic carbocycles. The molecule has 5 rings (SSSR count). The van der Waals surface area contributed by atoms with Gasteiger partial charge in [0.1, 0.15) is 0 Å². The van der Waals surface area contributed by atoms with Crippen molar-refractivity contribution < 1.29 is 23.1 Å². The van der Waals surface area contributed by atoms with Gasteiger partial charge in [0, 0.05) is 11.6 Å². The number of fused-ring (bicyclic) bond motifs is 2. The van der Waals surface area contributed by atoms with Gasteiger partial charge in [0.2, 0.25) is 5.91 Å². The van der Waals surface area contributed by atoms with E-state index in [4.69, 9.17) is 11.6 Å². The van der Waals surface area contributed by atoms with E-state index in [0.29, 0.717) is 23.2 Å². The third-order valence-corrected chi connectivity index (χ3v) is 9.42. The van der Waals surface area contributed by atoms with Crippen LogP contribution in [0.2, 0.25) is 5.02 Å². The van der Waals surface area contributed by atoms with Gasteiger partial charge >= 0.3 is 5.97 Å². The van der Waals surface area contributed by atoms with Gasteiger partial charge in [0.25, 0.3) is 0 Å². The molecule has 1 heterocycles. The molecule has 0 radical (unpaired) electrons. The minimum Gasteiger partial charge on any atom is -0.478 e. The molecule has 31 heavy (non-hydrogen) atoms. The van der Waals surface area contributed by atoms with E-state index >= 15 is 0 Å². The predicted octanol–water partition coefficient (Wildman–Crippen LogP) is 4.30. The van der Waals surface area contributed by atoms with Gasteiger partial charge in [0.05, 0.1) is 26.6 Å². The van der Waals surface area contributed by atoms with Crippen LogP contribution in [0.5, 0.6) is 0 Å². The van der Waals surface area contributed by atoms with Gasteiger partial charge in [-0.1, -0.05) is 30.2 Å². The molecule has 2 aromatic rings. The molecule has 0 saturated heterocycles. The third kappa shape index (κ3) is 3.09.